The molecule has 2 N–H and O–H groups in total. The Kier molecular flexibility index (Phi) is 7.45. The molecule has 0 aromatic heterocycles. The molecule has 0 radical (unpaired) electrons. The second-order valence-electron chi connectivity index (χ2n) is 6.24. The summed E-state index contributed by atoms with van der Waals surface area (Å²) in [7, 11) is 2.62. The van der Waals surface area contributed by atoms with Crippen molar-refractivity contribution in [3.05, 3.63) is 57.8 Å². The van der Waals surface area contributed by atoms with Crippen LogP contribution >= 0.6 is 11.6 Å². The smallest absolute Gasteiger partial charge is 0.336 e. The Labute approximate surface area is 163 Å². The predicted octanol–water partition coefficient (Wildman–Crippen LogP) is 2.57. The summed E-state index contributed by atoms with van der Waals surface area (Å²) in [5, 5.41) is 12.7. The Balaban J connectivity index is 2.64. The van der Waals surface area contributed by atoms with Crippen molar-refractivity contribution in [2.75, 3.05) is 27.4 Å². The molecule has 0 fully saturated rings. The maximum absolute atomic E-state index is 12.7. The van der Waals surface area contributed by atoms with Crippen LogP contribution in [-0.2, 0) is 19.1 Å². The van der Waals surface area contributed by atoms with E-state index < -0.39 is 23.8 Å². The first-order valence-electron chi connectivity index (χ1n) is 8.63. The van der Waals surface area contributed by atoms with Gasteiger partial charge in [0.15, 0.2) is 0 Å². The quantitative estimate of drug-likeness (QED) is 0.547. The monoisotopic (exact) mass is 393 g/mol. The zero-order valence-corrected chi connectivity index (χ0v) is 16.4. The molecule has 6 nitrogen and oxygen atoms in total. The summed E-state index contributed by atoms with van der Waals surface area (Å²) in [6.07, 6.45) is 2.28. The Hall–Kier alpha value is -2.31. The maximum atomic E-state index is 12.7. The molecule has 0 unspecified atom stereocenters. The first-order chi connectivity index (χ1) is 12.9. The van der Waals surface area contributed by atoms with Gasteiger partial charge in [-0.1, -0.05) is 29.3 Å². The number of aliphatic hydroxyl groups excluding tert-OH is 1. The molecule has 1 aromatic rings. The third-order valence-corrected chi connectivity index (χ3v) is 4.75. The van der Waals surface area contributed by atoms with Gasteiger partial charge in [-0.25, -0.2) is 4.79 Å². The van der Waals surface area contributed by atoms with Crippen molar-refractivity contribution in [2.24, 2.45) is 5.92 Å². The van der Waals surface area contributed by atoms with Gasteiger partial charge < -0.3 is 19.9 Å². The molecule has 2 rings (SSSR count). The van der Waals surface area contributed by atoms with Crippen LogP contribution in [0.4, 0.5) is 0 Å². The minimum Gasteiger partial charge on any atom is -0.469 e. The number of allylic oxidation sites excluding steroid dienone is 1. The number of esters is 2. The van der Waals surface area contributed by atoms with Crippen LogP contribution < -0.4 is 5.32 Å². The standard InChI is InChI=1S/C20H24ClNO5/c1-12-10-15(22-8-5-9-23)18(20(25)27-3)17(16(12)19(24)26-2)13-6-4-7-14(21)11-13/h4,6-7,10-11,16-17,22-23H,5,8-9H2,1-3H3/t16-,17+/m0/s1. The van der Waals surface area contributed by atoms with Gasteiger partial charge in [0.25, 0.3) is 0 Å². The van der Waals surface area contributed by atoms with Gasteiger partial charge in [-0.15, -0.1) is 0 Å². The molecule has 0 amide bonds. The lowest BCUT2D eigenvalue weighted by atomic mass is 9.73. The lowest BCUT2D eigenvalue weighted by Crippen LogP contribution is -2.35. The summed E-state index contributed by atoms with van der Waals surface area (Å²) in [6.45, 7) is 2.32. The number of halogens is 1. The molecule has 0 heterocycles. The third-order valence-electron chi connectivity index (χ3n) is 4.52. The first kappa shape index (κ1) is 21.0. The van der Waals surface area contributed by atoms with Gasteiger partial charge in [0, 0.05) is 29.8 Å². The number of carbonyl (C=O) groups is 2. The lowest BCUT2D eigenvalue weighted by molar-refractivity contribution is -0.144. The molecule has 1 aromatic carbocycles. The fraction of sp³-hybridized carbons (Fsp3) is 0.400. The number of hydrogen-bond donors (Lipinski definition) is 2. The Bertz CT molecular complexity index is 771. The van der Waals surface area contributed by atoms with E-state index in [0.29, 0.717) is 34.8 Å². The van der Waals surface area contributed by atoms with Gasteiger partial charge in [-0.05, 0) is 37.1 Å². The number of hydrogen-bond acceptors (Lipinski definition) is 6. The van der Waals surface area contributed by atoms with Crippen LogP contribution in [0.2, 0.25) is 5.02 Å². The average molecular weight is 394 g/mol. The molecule has 0 saturated carbocycles. The molecule has 0 aliphatic heterocycles. The summed E-state index contributed by atoms with van der Waals surface area (Å²) < 4.78 is 10.0. The van der Waals surface area contributed by atoms with Crippen molar-refractivity contribution in [1.82, 2.24) is 5.32 Å². The van der Waals surface area contributed by atoms with Crippen molar-refractivity contribution in [1.29, 1.82) is 0 Å². The number of benzene rings is 1. The summed E-state index contributed by atoms with van der Waals surface area (Å²) in [6, 6.07) is 7.05. The van der Waals surface area contributed by atoms with Crippen LogP contribution in [0, 0.1) is 5.92 Å². The Morgan fingerprint density at radius 1 is 1.26 bits per heavy atom. The number of nitrogens with one attached hydrogen (secondary N) is 1. The molecule has 7 heteroatoms. The van der Waals surface area contributed by atoms with Crippen LogP contribution in [-0.4, -0.2) is 44.4 Å². The summed E-state index contributed by atoms with van der Waals surface area (Å²) in [5.74, 6) is -2.26. The largest absolute Gasteiger partial charge is 0.469 e. The highest BCUT2D eigenvalue weighted by atomic mass is 35.5. The second-order valence-corrected chi connectivity index (χ2v) is 6.68. The van der Waals surface area contributed by atoms with Crippen molar-refractivity contribution in [3.63, 3.8) is 0 Å². The van der Waals surface area contributed by atoms with E-state index in [-0.39, 0.29) is 6.61 Å². The number of carbonyl (C=O) groups excluding carboxylic acids is 2. The molecular formula is C20H24ClNO5. The van der Waals surface area contributed by atoms with Crippen LogP contribution in [0.3, 0.4) is 0 Å². The Morgan fingerprint density at radius 3 is 2.59 bits per heavy atom. The molecule has 0 saturated heterocycles. The summed E-state index contributed by atoms with van der Waals surface area (Å²) >= 11 is 6.16. The van der Waals surface area contributed by atoms with E-state index in [2.05, 4.69) is 5.32 Å². The van der Waals surface area contributed by atoms with Gasteiger partial charge in [-0.3, -0.25) is 4.79 Å². The molecule has 0 bridgehead atoms. The van der Waals surface area contributed by atoms with Gasteiger partial charge in [0.05, 0.1) is 25.7 Å². The average Bonchev–Trinajstić information content (AvgIpc) is 2.66. The van der Waals surface area contributed by atoms with Crippen LogP contribution in [0.1, 0.15) is 24.8 Å². The van der Waals surface area contributed by atoms with E-state index in [9.17, 15) is 9.59 Å². The van der Waals surface area contributed by atoms with Crippen molar-refractivity contribution < 1.29 is 24.2 Å². The highest BCUT2D eigenvalue weighted by molar-refractivity contribution is 6.30. The SMILES string of the molecule is COC(=O)C1=C(NCCCO)C=C(C)[C@H](C(=O)OC)[C@H]1c1cccc(Cl)c1. The van der Waals surface area contributed by atoms with Crippen molar-refractivity contribution >= 4 is 23.5 Å². The zero-order chi connectivity index (χ0) is 20.0. The second kappa shape index (κ2) is 9.58. The zero-order valence-electron chi connectivity index (χ0n) is 15.6. The minimum absolute atomic E-state index is 0.0268. The van der Waals surface area contributed by atoms with E-state index in [0.717, 1.165) is 5.57 Å². The van der Waals surface area contributed by atoms with E-state index in [4.69, 9.17) is 26.2 Å². The molecule has 146 valence electrons. The van der Waals surface area contributed by atoms with Crippen LogP contribution in [0.15, 0.2) is 47.2 Å². The molecular weight excluding hydrogens is 370 g/mol. The highest BCUT2D eigenvalue weighted by Gasteiger charge is 2.41. The predicted molar refractivity (Wildman–Crippen MR) is 102 cm³/mol. The normalized spacial score (nSPS) is 19.4. The number of aliphatic hydroxyl groups is 1. The van der Waals surface area contributed by atoms with Crippen LogP contribution in [0.25, 0.3) is 0 Å². The number of rotatable bonds is 7. The molecule has 0 spiro atoms. The fourth-order valence-corrected chi connectivity index (χ4v) is 3.49. The van der Waals surface area contributed by atoms with Crippen molar-refractivity contribution in [2.45, 2.75) is 19.3 Å². The van der Waals surface area contributed by atoms with Gasteiger partial charge in [-0.2, -0.15) is 0 Å². The van der Waals surface area contributed by atoms with E-state index in [1.807, 2.05) is 13.0 Å². The first-order valence-corrected chi connectivity index (χ1v) is 9.01. The minimum atomic E-state index is -0.675. The van der Waals surface area contributed by atoms with E-state index >= 15 is 0 Å². The topological polar surface area (TPSA) is 84.9 Å². The molecule has 1 aliphatic carbocycles. The lowest BCUT2D eigenvalue weighted by Gasteiger charge is -2.33. The summed E-state index contributed by atoms with van der Waals surface area (Å²) in [4.78, 5) is 25.2. The van der Waals surface area contributed by atoms with E-state index in [1.54, 1.807) is 24.3 Å². The molecule has 2 atom stereocenters. The van der Waals surface area contributed by atoms with Gasteiger partial charge >= 0.3 is 11.9 Å². The summed E-state index contributed by atoms with van der Waals surface area (Å²) in [5.41, 5.74) is 2.37. The maximum Gasteiger partial charge on any atom is 0.336 e. The highest BCUT2D eigenvalue weighted by Crippen LogP contribution is 2.43. The molecule has 1 aliphatic rings. The molecule has 27 heavy (non-hydrogen) atoms. The van der Waals surface area contributed by atoms with E-state index in [1.165, 1.54) is 14.2 Å². The number of methoxy groups -OCH3 is 2. The van der Waals surface area contributed by atoms with Crippen molar-refractivity contribution in [3.8, 4) is 0 Å². The van der Waals surface area contributed by atoms with Gasteiger partial charge in [0.1, 0.15) is 0 Å². The fourth-order valence-electron chi connectivity index (χ4n) is 3.30. The number of ether oxygens (including phenoxy) is 2. The Morgan fingerprint density at radius 2 is 2.00 bits per heavy atom. The third kappa shape index (κ3) is 4.70. The van der Waals surface area contributed by atoms with Crippen LogP contribution in [0.5, 0.6) is 0 Å². The van der Waals surface area contributed by atoms with Gasteiger partial charge in [0.2, 0.25) is 0 Å².